The predicted molar refractivity (Wildman–Crippen MR) is 60.5 cm³/mol. The minimum atomic E-state index is -0.133. The first-order valence-electron chi connectivity index (χ1n) is 6.00. The van der Waals surface area contributed by atoms with Crippen molar-refractivity contribution >= 4 is 0 Å². The van der Waals surface area contributed by atoms with Gasteiger partial charge in [0.25, 0.3) is 0 Å². The molecule has 1 aliphatic carbocycles. The molecule has 1 unspecified atom stereocenters. The molecule has 1 saturated heterocycles. The zero-order valence-corrected chi connectivity index (χ0v) is 9.69. The smallest absolute Gasteiger partial charge is 0.160 e. The molecule has 0 radical (unpaired) electrons. The molecule has 0 aromatic carbocycles. The molecule has 0 saturated carbocycles. The van der Waals surface area contributed by atoms with Gasteiger partial charge < -0.3 is 9.47 Å². The van der Waals surface area contributed by atoms with Gasteiger partial charge in [0.05, 0.1) is 19.0 Å². The minimum absolute atomic E-state index is 0.0128. The summed E-state index contributed by atoms with van der Waals surface area (Å²) in [6.45, 7) is 3.44. The molecule has 0 amide bonds. The van der Waals surface area contributed by atoms with Gasteiger partial charge in [0.1, 0.15) is 0 Å². The van der Waals surface area contributed by atoms with Crippen LogP contribution in [0.15, 0.2) is 24.1 Å². The van der Waals surface area contributed by atoms with E-state index in [9.17, 15) is 4.39 Å². The maximum Gasteiger partial charge on any atom is 0.160 e. The Kier molecular flexibility index (Phi) is 4.13. The van der Waals surface area contributed by atoms with Gasteiger partial charge in [-0.25, -0.2) is 4.39 Å². The normalized spacial score (nSPS) is 36.4. The van der Waals surface area contributed by atoms with Gasteiger partial charge in [-0.2, -0.15) is 0 Å². The molecule has 1 atom stereocenters. The highest BCUT2D eigenvalue weighted by molar-refractivity contribution is 4.99. The second-order valence-electron chi connectivity index (χ2n) is 4.51. The van der Waals surface area contributed by atoms with Crippen molar-refractivity contribution in [3.63, 3.8) is 0 Å². The van der Waals surface area contributed by atoms with E-state index in [0.29, 0.717) is 18.3 Å². The maximum atomic E-state index is 12.9. The number of rotatable bonds is 2. The highest BCUT2D eigenvalue weighted by Gasteiger charge is 2.29. The van der Waals surface area contributed by atoms with Crippen LogP contribution in [-0.2, 0) is 9.47 Å². The van der Waals surface area contributed by atoms with Crippen LogP contribution in [0.2, 0.25) is 0 Å². The summed E-state index contributed by atoms with van der Waals surface area (Å²) in [7, 11) is 0. The van der Waals surface area contributed by atoms with Gasteiger partial charge in [-0.3, -0.25) is 0 Å². The lowest BCUT2D eigenvalue weighted by Crippen LogP contribution is -2.36. The topological polar surface area (TPSA) is 18.5 Å². The lowest BCUT2D eigenvalue weighted by molar-refractivity contribution is -0.219. The molecule has 1 heterocycles. The van der Waals surface area contributed by atoms with E-state index in [2.05, 4.69) is 6.08 Å². The van der Waals surface area contributed by atoms with Gasteiger partial charge in [0.2, 0.25) is 0 Å². The Balaban J connectivity index is 1.81. The zero-order chi connectivity index (χ0) is 11.4. The lowest BCUT2D eigenvalue weighted by atomic mass is 9.92. The fourth-order valence-electron chi connectivity index (χ4n) is 2.26. The van der Waals surface area contributed by atoms with Gasteiger partial charge >= 0.3 is 0 Å². The molecule has 2 aliphatic rings. The van der Waals surface area contributed by atoms with E-state index in [-0.39, 0.29) is 12.1 Å². The first-order valence-corrected chi connectivity index (χ1v) is 6.00. The highest BCUT2D eigenvalue weighted by atomic mass is 19.1. The number of hydrogen-bond donors (Lipinski definition) is 0. The van der Waals surface area contributed by atoms with Crippen LogP contribution in [0.3, 0.4) is 0 Å². The van der Waals surface area contributed by atoms with E-state index in [1.165, 1.54) is 0 Å². The summed E-state index contributed by atoms with van der Waals surface area (Å²) in [5, 5.41) is 0. The van der Waals surface area contributed by atoms with Gasteiger partial charge in [-0.05, 0) is 26.2 Å². The summed E-state index contributed by atoms with van der Waals surface area (Å²) in [5.74, 6) is 0.710. The average Bonchev–Trinajstić information content (AvgIpc) is 2.32. The summed E-state index contributed by atoms with van der Waals surface area (Å²) in [4.78, 5) is 0. The molecule has 1 aliphatic heterocycles. The van der Waals surface area contributed by atoms with E-state index in [1.54, 1.807) is 6.08 Å². The summed E-state index contributed by atoms with van der Waals surface area (Å²) < 4.78 is 24.2. The van der Waals surface area contributed by atoms with Crippen molar-refractivity contribution in [1.82, 2.24) is 0 Å². The Hall–Kier alpha value is -0.670. The summed E-state index contributed by atoms with van der Waals surface area (Å²) in [6, 6.07) is 0. The van der Waals surface area contributed by atoms with E-state index in [1.807, 2.05) is 13.0 Å². The SMILES string of the molecule is C/C=C/C1COC(C2CC=C(F)CC2)OC1. The van der Waals surface area contributed by atoms with E-state index >= 15 is 0 Å². The average molecular weight is 226 g/mol. The van der Waals surface area contributed by atoms with Crippen molar-refractivity contribution in [2.45, 2.75) is 32.5 Å². The third kappa shape index (κ3) is 2.92. The molecule has 1 fully saturated rings. The van der Waals surface area contributed by atoms with Gasteiger partial charge in [0, 0.05) is 11.8 Å². The fraction of sp³-hybridized carbons (Fsp3) is 0.692. The second kappa shape index (κ2) is 5.60. The first-order chi connectivity index (χ1) is 7.79. The Bertz CT molecular complexity index is 278. The molecule has 0 bridgehead atoms. The lowest BCUT2D eigenvalue weighted by Gasteiger charge is -2.34. The van der Waals surface area contributed by atoms with Crippen LogP contribution in [0.1, 0.15) is 26.2 Å². The highest BCUT2D eigenvalue weighted by Crippen LogP contribution is 2.30. The summed E-state index contributed by atoms with van der Waals surface area (Å²) in [6.07, 6.45) is 7.77. The van der Waals surface area contributed by atoms with Crippen LogP contribution in [0.25, 0.3) is 0 Å². The third-order valence-electron chi connectivity index (χ3n) is 3.19. The van der Waals surface area contributed by atoms with Crippen LogP contribution in [-0.4, -0.2) is 19.5 Å². The molecule has 0 spiro atoms. The fourth-order valence-corrected chi connectivity index (χ4v) is 2.26. The van der Waals surface area contributed by atoms with Crippen molar-refractivity contribution in [2.75, 3.05) is 13.2 Å². The molecule has 2 nitrogen and oxygen atoms in total. The molecule has 0 aromatic heterocycles. The van der Waals surface area contributed by atoms with Crippen LogP contribution >= 0.6 is 0 Å². The molecule has 0 N–H and O–H groups in total. The molecular weight excluding hydrogens is 207 g/mol. The van der Waals surface area contributed by atoms with Crippen molar-refractivity contribution in [2.24, 2.45) is 11.8 Å². The Labute approximate surface area is 96.1 Å². The van der Waals surface area contributed by atoms with Crippen molar-refractivity contribution in [3.8, 4) is 0 Å². The van der Waals surface area contributed by atoms with Gasteiger partial charge in [-0.15, -0.1) is 0 Å². The molecule has 2 rings (SSSR count). The molecule has 16 heavy (non-hydrogen) atoms. The molecule has 3 heteroatoms. The van der Waals surface area contributed by atoms with Crippen molar-refractivity contribution in [3.05, 3.63) is 24.1 Å². The monoisotopic (exact) mass is 226 g/mol. The van der Waals surface area contributed by atoms with Crippen molar-refractivity contribution in [1.29, 1.82) is 0 Å². The quantitative estimate of drug-likeness (QED) is 0.673. The second-order valence-corrected chi connectivity index (χ2v) is 4.51. The third-order valence-corrected chi connectivity index (χ3v) is 3.19. The number of hydrogen-bond acceptors (Lipinski definition) is 2. The minimum Gasteiger partial charge on any atom is -0.352 e. The number of allylic oxidation sites excluding steroid dienone is 3. The summed E-state index contributed by atoms with van der Waals surface area (Å²) in [5.41, 5.74) is 0. The van der Waals surface area contributed by atoms with Crippen LogP contribution in [0.4, 0.5) is 4.39 Å². The number of halogens is 1. The van der Waals surface area contributed by atoms with Crippen LogP contribution in [0.5, 0.6) is 0 Å². The largest absolute Gasteiger partial charge is 0.352 e. The summed E-state index contributed by atoms with van der Waals surface area (Å²) >= 11 is 0. The van der Waals surface area contributed by atoms with E-state index in [4.69, 9.17) is 9.47 Å². The standard InChI is InChI=1S/C13H19FO2/c1-2-3-10-8-15-13(16-9-10)11-4-6-12(14)7-5-11/h2-3,6,10-11,13H,4-5,7-9H2,1H3/b3-2+. The Morgan fingerprint density at radius 1 is 1.38 bits per heavy atom. The molecule has 0 aromatic rings. The molecular formula is C13H19FO2. The van der Waals surface area contributed by atoms with E-state index < -0.39 is 0 Å². The van der Waals surface area contributed by atoms with Crippen molar-refractivity contribution < 1.29 is 13.9 Å². The van der Waals surface area contributed by atoms with Crippen LogP contribution < -0.4 is 0 Å². The Morgan fingerprint density at radius 3 is 2.69 bits per heavy atom. The van der Waals surface area contributed by atoms with Gasteiger partial charge in [-0.1, -0.05) is 18.2 Å². The van der Waals surface area contributed by atoms with Crippen LogP contribution in [0, 0.1) is 11.8 Å². The van der Waals surface area contributed by atoms with Gasteiger partial charge in [0.15, 0.2) is 6.29 Å². The molecule has 90 valence electrons. The van der Waals surface area contributed by atoms with E-state index in [0.717, 1.165) is 26.1 Å². The number of ether oxygens (including phenoxy) is 2. The Morgan fingerprint density at radius 2 is 2.12 bits per heavy atom. The predicted octanol–water partition coefficient (Wildman–Crippen LogP) is 3.21. The maximum absolute atomic E-state index is 12.9. The first kappa shape index (κ1) is 11.8. The zero-order valence-electron chi connectivity index (χ0n) is 9.69.